The molecule has 0 unspecified atom stereocenters. The molecule has 1 aromatic rings. The summed E-state index contributed by atoms with van der Waals surface area (Å²) in [5, 5.41) is 7.41. The van der Waals surface area contributed by atoms with E-state index in [9.17, 15) is 9.59 Å². The predicted octanol–water partition coefficient (Wildman–Crippen LogP) is 1.95. The maximum Gasteiger partial charge on any atom is 0.409 e. The Morgan fingerprint density at radius 2 is 2.04 bits per heavy atom. The van der Waals surface area contributed by atoms with Crippen molar-refractivity contribution in [2.75, 3.05) is 19.7 Å². The molecular formula is C16H26N4O3. The molecule has 0 atom stereocenters. The van der Waals surface area contributed by atoms with Crippen LogP contribution in [0.4, 0.5) is 4.79 Å². The molecule has 2 amide bonds. The summed E-state index contributed by atoms with van der Waals surface area (Å²) in [4.78, 5) is 25.8. The van der Waals surface area contributed by atoms with Crippen molar-refractivity contribution in [1.29, 1.82) is 0 Å². The minimum atomic E-state index is -0.269. The first kappa shape index (κ1) is 17.3. The van der Waals surface area contributed by atoms with E-state index in [-0.39, 0.29) is 18.0 Å². The summed E-state index contributed by atoms with van der Waals surface area (Å²) in [6, 6.07) is 0.0853. The molecule has 0 aromatic carbocycles. The Balaban J connectivity index is 1.86. The van der Waals surface area contributed by atoms with Gasteiger partial charge < -0.3 is 15.0 Å². The largest absolute Gasteiger partial charge is 0.450 e. The van der Waals surface area contributed by atoms with E-state index in [1.54, 1.807) is 11.8 Å². The van der Waals surface area contributed by atoms with E-state index < -0.39 is 0 Å². The number of carbonyl (C=O) groups is 2. The van der Waals surface area contributed by atoms with E-state index in [1.807, 2.05) is 17.8 Å². The summed E-state index contributed by atoms with van der Waals surface area (Å²) in [6.07, 6.45) is 4.00. The zero-order valence-corrected chi connectivity index (χ0v) is 14.2. The van der Waals surface area contributed by atoms with Gasteiger partial charge in [0, 0.05) is 31.9 Å². The Hall–Kier alpha value is -2.05. The number of aromatic nitrogens is 2. The van der Waals surface area contributed by atoms with Gasteiger partial charge in [0.05, 0.1) is 17.9 Å². The third-order valence-electron chi connectivity index (χ3n) is 4.00. The number of likely N-dealkylation sites (tertiary alicyclic amines) is 1. The lowest BCUT2D eigenvalue weighted by atomic mass is 10.0. The zero-order valence-electron chi connectivity index (χ0n) is 14.2. The molecule has 0 saturated carbocycles. The summed E-state index contributed by atoms with van der Waals surface area (Å²) >= 11 is 0. The van der Waals surface area contributed by atoms with Crippen LogP contribution < -0.4 is 5.32 Å². The van der Waals surface area contributed by atoms with E-state index in [0.29, 0.717) is 25.3 Å². The first-order valence-electron chi connectivity index (χ1n) is 8.31. The molecule has 2 heterocycles. The summed E-state index contributed by atoms with van der Waals surface area (Å²) in [6.45, 7) is 8.14. The molecule has 0 bridgehead atoms. The van der Waals surface area contributed by atoms with Crippen LogP contribution in [0.5, 0.6) is 0 Å². The van der Waals surface area contributed by atoms with Crippen molar-refractivity contribution in [1.82, 2.24) is 20.0 Å². The topological polar surface area (TPSA) is 76.5 Å². The minimum absolute atomic E-state index is 0.0839. The van der Waals surface area contributed by atoms with Gasteiger partial charge in [-0.15, -0.1) is 0 Å². The van der Waals surface area contributed by atoms with Crippen LogP contribution in [0.25, 0.3) is 0 Å². The molecule has 1 saturated heterocycles. The lowest BCUT2D eigenvalue weighted by Crippen LogP contribution is -2.46. The van der Waals surface area contributed by atoms with Crippen LogP contribution in [0.1, 0.15) is 49.2 Å². The highest BCUT2D eigenvalue weighted by Crippen LogP contribution is 2.13. The molecule has 7 heteroatoms. The van der Waals surface area contributed by atoms with Gasteiger partial charge in [0.2, 0.25) is 0 Å². The van der Waals surface area contributed by atoms with E-state index in [2.05, 4.69) is 17.3 Å². The third kappa shape index (κ3) is 4.46. The van der Waals surface area contributed by atoms with Gasteiger partial charge in [-0.05, 0) is 33.1 Å². The number of carbonyl (C=O) groups excluding carboxylic acids is 2. The number of nitrogens with zero attached hydrogens (tertiary/aromatic N) is 3. The van der Waals surface area contributed by atoms with Crippen molar-refractivity contribution in [2.45, 2.75) is 52.6 Å². The zero-order chi connectivity index (χ0) is 16.8. The summed E-state index contributed by atoms with van der Waals surface area (Å²) in [7, 11) is 0. The minimum Gasteiger partial charge on any atom is -0.450 e. The van der Waals surface area contributed by atoms with E-state index in [0.717, 1.165) is 31.5 Å². The number of rotatable bonds is 5. The van der Waals surface area contributed by atoms with Gasteiger partial charge >= 0.3 is 6.09 Å². The van der Waals surface area contributed by atoms with E-state index in [1.165, 1.54) is 0 Å². The maximum atomic E-state index is 12.4. The number of nitrogens with one attached hydrogen (secondary N) is 1. The molecule has 1 aliphatic heterocycles. The van der Waals surface area contributed by atoms with Gasteiger partial charge in [-0.25, -0.2) is 4.79 Å². The van der Waals surface area contributed by atoms with Gasteiger partial charge in [-0.1, -0.05) is 6.92 Å². The van der Waals surface area contributed by atoms with Gasteiger partial charge in [0.25, 0.3) is 5.91 Å². The van der Waals surface area contributed by atoms with Crippen molar-refractivity contribution in [2.24, 2.45) is 0 Å². The molecule has 0 spiro atoms. The van der Waals surface area contributed by atoms with E-state index >= 15 is 0 Å². The number of piperidine rings is 1. The molecule has 0 aliphatic carbocycles. The quantitative estimate of drug-likeness (QED) is 0.899. The summed E-state index contributed by atoms with van der Waals surface area (Å²) in [5.41, 5.74) is 1.38. The Morgan fingerprint density at radius 3 is 2.65 bits per heavy atom. The average Bonchev–Trinajstić information content (AvgIpc) is 2.89. The van der Waals surface area contributed by atoms with Crippen LogP contribution >= 0.6 is 0 Å². The highest BCUT2D eigenvalue weighted by atomic mass is 16.6. The smallest absolute Gasteiger partial charge is 0.409 e. The van der Waals surface area contributed by atoms with Gasteiger partial charge in [0.15, 0.2) is 0 Å². The lowest BCUT2D eigenvalue weighted by molar-refractivity contribution is 0.0859. The first-order valence-corrected chi connectivity index (χ1v) is 8.31. The number of hydrogen-bond donors (Lipinski definition) is 1. The fourth-order valence-corrected chi connectivity index (χ4v) is 2.77. The van der Waals surface area contributed by atoms with Crippen molar-refractivity contribution < 1.29 is 14.3 Å². The molecule has 1 aromatic heterocycles. The molecule has 128 valence electrons. The van der Waals surface area contributed by atoms with Crippen LogP contribution in [-0.4, -0.2) is 52.4 Å². The van der Waals surface area contributed by atoms with Gasteiger partial charge in [0.1, 0.15) is 0 Å². The van der Waals surface area contributed by atoms with Crippen LogP contribution in [0.3, 0.4) is 0 Å². The normalized spacial score (nSPS) is 15.5. The van der Waals surface area contributed by atoms with Gasteiger partial charge in [-0.2, -0.15) is 5.10 Å². The number of amides is 2. The fourth-order valence-electron chi connectivity index (χ4n) is 2.77. The standard InChI is InChI=1S/C16H26N4O3/c1-4-8-20-11-14(12(3)18-20)15(21)17-13-6-9-19(10-7-13)16(22)23-5-2/h11,13H,4-10H2,1-3H3,(H,17,21). The molecule has 23 heavy (non-hydrogen) atoms. The Bertz CT molecular complexity index is 548. The fraction of sp³-hybridized carbons (Fsp3) is 0.688. The SMILES string of the molecule is CCCn1cc(C(=O)NC2CCN(C(=O)OCC)CC2)c(C)n1. The van der Waals surface area contributed by atoms with Gasteiger partial charge in [-0.3, -0.25) is 9.48 Å². The van der Waals surface area contributed by atoms with Crippen molar-refractivity contribution >= 4 is 12.0 Å². The molecule has 0 radical (unpaired) electrons. The lowest BCUT2D eigenvalue weighted by Gasteiger charge is -2.31. The highest BCUT2D eigenvalue weighted by Gasteiger charge is 2.25. The van der Waals surface area contributed by atoms with Crippen LogP contribution in [0, 0.1) is 6.92 Å². The molecular weight excluding hydrogens is 296 g/mol. The van der Waals surface area contributed by atoms with Crippen LogP contribution in [0.15, 0.2) is 6.20 Å². The van der Waals surface area contributed by atoms with E-state index in [4.69, 9.17) is 4.74 Å². The Labute approximate surface area is 137 Å². The molecule has 2 rings (SSSR count). The highest BCUT2D eigenvalue weighted by molar-refractivity contribution is 5.95. The molecule has 1 aliphatic rings. The van der Waals surface area contributed by atoms with Crippen molar-refractivity contribution in [3.8, 4) is 0 Å². The number of ether oxygens (including phenoxy) is 1. The second-order valence-corrected chi connectivity index (χ2v) is 5.82. The molecule has 7 nitrogen and oxygen atoms in total. The summed E-state index contributed by atoms with van der Waals surface area (Å²) in [5.74, 6) is -0.0839. The number of aryl methyl sites for hydroxylation is 2. The van der Waals surface area contributed by atoms with Crippen molar-refractivity contribution in [3.05, 3.63) is 17.5 Å². The Morgan fingerprint density at radius 1 is 1.35 bits per heavy atom. The first-order chi connectivity index (χ1) is 11.0. The van der Waals surface area contributed by atoms with Crippen LogP contribution in [0.2, 0.25) is 0 Å². The number of hydrogen-bond acceptors (Lipinski definition) is 4. The second-order valence-electron chi connectivity index (χ2n) is 5.82. The molecule has 1 fully saturated rings. The predicted molar refractivity (Wildman–Crippen MR) is 86.3 cm³/mol. The second kappa shape index (κ2) is 7.99. The van der Waals surface area contributed by atoms with Crippen LogP contribution in [-0.2, 0) is 11.3 Å². The summed E-state index contributed by atoms with van der Waals surface area (Å²) < 4.78 is 6.81. The monoisotopic (exact) mass is 322 g/mol. The Kier molecular flexibility index (Phi) is 6.01. The molecule has 1 N–H and O–H groups in total. The maximum absolute atomic E-state index is 12.4. The third-order valence-corrected chi connectivity index (χ3v) is 4.00. The van der Waals surface area contributed by atoms with Crippen molar-refractivity contribution in [3.63, 3.8) is 0 Å². The average molecular weight is 322 g/mol.